The third-order valence-corrected chi connectivity index (χ3v) is 13.7. The average molecular weight is 741 g/mol. The molecule has 0 N–H and O–H groups in total. The Kier molecular flexibility index (Phi) is 7.86. The van der Waals surface area contributed by atoms with E-state index in [4.69, 9.17) is 0 Å². The summed E-state index contributed by atoms with van der Waals surface area (Å²) in [6.07, 6.45) is 9.75. The van der Waals surface area contributed by atoms with Crippen molar-refractivity contribution >= 4 is 53.9 Å². The first-order chi connectivity index (χ1) is 28.8. The van der Waals surface area contributed by atoms with Crippen molar-refractivity contribution in [3.8, 4) is 44.5 Å². The van der Waals surface area contributed by atoms with Gasteiger partial charge in [-0.15, -0.1) is 0 Å². The van der Waals surface area contributed by atoms with Gasteiger partial charge in [0.2, 0.25) is 0 Å². The molecule has 10 aromatic rings. The third kappa shape index (κ3) is 5.07. The summed E-state index contributed by atoms with van der Waals surface area (Å²) in [5.41, 5.74) is 16.9. The van der Waals surface area contributed by atoms with Gasteiger partial charge in [-0.3, -0.25) is 0 Å². The molecule has 12 rings (SSSR count). The predicted molar refractivity (Wildman–Crippen MR) is 249 cm³/mol. The fraction of sp³-hybridized carbons (Fsp3) is 0.138. The zero-order chi connectivity index (χ0) is 38.2. The molecule has 10 aromatic carbocycles. The molecule has 0 saturated heterocycles. The standard InChI is InChI=1S/C58H44/c1-3-21-39-37(17-1)19-15-33-43(39)55-45-25-7-11-29-49(45)57(50-30-12-8-26-46(50)55)53-35-36-54(42-24-6-5-23-41(42)53)58-51-31-13-9-27-47(51)56(48-28-10-14-32-52(48)58)44-34-16-20-38-18-2-4-22-40(38)44/h5-16,19-20,23-36H,1-4,17-18,21-22H2. The number of aryl methyl sites for hydroxylation is 2. The Labute approximate surface area is 340 Å². The normalized spacial score (nSPS) is 14.0. The van der Waals surface area contributed by atoms with E-state index in [0.29, 0.717) is 0 Å². The van der Waals surface area contributed by atoms with Crippen LogP contribution in [0.1, 0.15) is 47.9 Å². The van der Waals surface area contributed by atoms with Gasteiger partial charge in [-0.25, -0.2) is 0 Å². The summed E-state index contributed by atoms with van der Waals surface area (Å²) in [5, 5.41) is 13.2. The molecule has 0 aromatic heterocycles. The van der Waals surface area contributed by atoms with Crippen molar-refractivity contribution in [2.24, 2.45) is 0 Å². The minimum absolute atomic E-state index is 1.15. The Morgan fingerprint density at radius 1 is 0.207 bits per heavy atom. The van der Waals surface area contributed by atoms with Gasteiger partial charge in [0.25, 0.3) is 0 Å². The molecule has 0 saturated carbocycles. The third-order valence-electron chi connectivity index (χ3n) is 13.7. The van der Waals surface area contributed by atoms with Crippen LogP contribution in [0.15, 0.2) is 170 Å². The number of hydrogen-bond donors (Lipinski definition) is 0. The molecule has 0 unspecified atom stereocenters. The second-order valence-corrected chi connectivity index (χ2v) is 16.7. The Hall–Kier alpha value is -6.50. The van der Waals surface area contributed by atoms with Crippen molar-refractivity contribution < 1.29 is 0 Å². The monoisotopic (exact) mass is 740 g/mol. The van der Waals surface area contributed by atoms with Crippen molar-refractivity contribution in [1.29, 1.82) is 0 Å². The number of rotatable bonds is 4. The molecule has 0 bridgehead atoms. The van der Waals surface area contributed by atoms with E-state index in [9.17, 15) is 0 Å². The lowest BCUT2D eigenvalue weighted by molar-refractivity contribution is 0.687. The topological polar surface area (TPSA) is 0 Å². The van der Waals surface area contributed by atoms with Gasteiger partial charge in [-0.1, -0.05) is 170 Å². The number of benzene rings is 10. The van der Waals surface area contributed by atoms with Crippen molar-refractivity contribution in [2.45, 2.75) is 51.4 Å². The summed E-state index contributed by atoms with van der Waals surface area (Å²) >= 11 is 0. The lowest BCUT2D eigenvalue weighted by atomic mass is 9.79. The molecule has 0 heteroatoms. The fourth-order valence-corrected chi connectivity index (χ4v) is 11.2. The number of hydrogen-bond acceptors (Lipinski definition) is 0. The van der Waals surface area contributed by atoms with E-state index in [1.54, 1.807) is 11.1 Å². The van der Waals surface area contributed by atoms with Crippen LogP contribution >= 0.6 is 0 Å². The largest absolute Gasteiger partial charge is 0.0616 e. The smallest absolute Gasteiger partial charge is 0.00201 e. The molecule has 0 nitrogen and oxygen atoms in total. The minimum atomic E-state index is 1.15. The molecular weight excluding hydrogens is 697 g/mol. The lowest BCUT2D eigenvalue weighted by Crippen LogP contribution is -2.05. The summed E-state index contributed by atoms with van der Waals surface area (Å²) < 4.78 is 0. The molecule has 2 aliphatic rings. The quantitative estimate of drug-likeness (QED) is 0.158. The SMILES string of the molecule is c1cc2c(c(-c3c4ccccc4c(-c4ccc(-c5c6ccccc6c(-c6cccc7c6CCCC7)c6ccccc56)c5ccccc45)c4ccccc34)c1)CCCC2. The van der Waals surface area contributed by atoms with Gasteiger partial charge in [0.05, 0.1) is 0 Å². The molecule has 2 aliphatic carbocycles. The van der Waals surface area contributed by atoms with Gasteiger partial charge >= 0.3 is 0 Å². The van der Waals surface area contributed by atoms with E-state index in [1.807, 2.05) is 0 Å². The molecule has 0 atom stereocenters. The first-order valence-corrected chi connectivity index (χ1v) is 21.4. The second-order valence-electron chi connectivity index (χ2n) is 16.7. The maximum absolute atomic E-state index is 2.43. The summed E-state index contributed by atoms with van der Waals surface area (Å²) in [4.78, 5) is 0. The van der Waals surface area contributed by atoms with Crippen LogP contribution in [-0.4, -0.2) is 0 Å². The van der Waals surface area contributed by atoms with E-state index in [2.05, 4.69) is 170 Å². The maximum atomic E-state index is 2.43. The van der Waals surface area contributed by atoms with E-state index in [0.717, 1.165) is 12.8 Å². The molecule has 276 valence electrons. The number of fused-ring (bicyclic) bond motifs is 7. The van der Waals surface area contributed by atoms with Crippen LogP contribution in [0.5, 0.6) is 0 Å². The van der Waals surface area contributed by atoms with Crippen LogP contribution < -0.4 is 0 Å². The fourth-order valence-electron chi connectivity index (χ4n) is 11.2. The van der Waals surface area contributed by atoms with Crippen LogP contribution in [-0.2, 0) is 25.7 Å². The van der Waals surface area contributed by atoms with Crippen LogP contribution in [0.25, 0.3) is 98.4 Å². The Bertz CT molecular complexity index is 2950. The second kappa shape index (κ2) is 13.6. The Morgan fingerprint density at radius 2 is 0.483 bits per heavy atom. The summed E-state index contributed by atoms with van der Waals surface area (Å²) in [5.74, 6) is 0. The van der Waals surface area contributed by atoms with Crippen molar-refractivity contribution in [1.82, 2.24) is 0 Å². The highest BCUT2D eigenvalue weighted by molar-refractivity contribution is 6.27. The predicted octanol–water partition coefficient (Wildman–Crippen LogP) is 15.9. The molecule has 0 fully saturated rings. The van der Waals surface area contributed by atoms with Crippen molar-refractivity contribution in [3.05, 3.63) is 192 Å². The zero-order valence-corrected chi connectivity index (χ0v) is 32.8. The van der Waals surface area contributed by atoms with Gasteiger partial charge in [0, 0.05) is 0 Å². The Balaban J connectivity index is 1.14. The van der Waals surface area contributed by atoms with Crippen molar-refractivity contribution in [2.75, 3.05) is 0 Å². The van der Waals surface area contributed by atoms with Crippen LogP contribution in [0, 0.1) is 0 Å². The van der Waals surface area contributed by atoms with E-state index in [1.165, 1.54) is 148 Å². The van der Waals surface area contributed by atoms with E-state index in [-0.39, 0.29) is 0 Å². The van der Waals surface area contributed by atoms with Gasteiger partial charge in [0.1, 0.15) is 0 Å². The first kappa shape index (κ1) is 33.6. The first-order valence-electron chi connectivity index (χ1n) is 21.4. The van der Waals surface area contributed by atoms with E-state index < -0.39 is 0 Å². The molecule has 58 heavy (non-hydrogen) atoms. The highest BCUT2D eigenvalue weighted by Crippen LogP contribution is 2.50. The van der Waals surface area contributed by atoms with Crippen LogP contribution in [0.4, 0.5) is 0 Å². The van der Waals surface area contributed by atoms with Gasteiger partial charge in [-0.05, 0) is 172 Å². The van der Waals surface area contributed by atoms with Crippen molar-refractivity contribution in [3.63, 3.8) is 0 Å². The molecule has 0 amide bonds. The average Bonchev–Trinajstić information content (AvgIpc) is 3.29. The van der Waals surface area contributed by atoms with E-state index >= 15 is 0 Å². The molecule has 0 radical (unpaired) electrons. The highest BCUT2D eigenvalue weighted by Gasteiger charge is 2.24. The summed E-state index contributed by atoms with van der Waals surface area (Å²) in [6.45, 7) is 0. The van der Waals surface area contributed by atoms with Crippen LogP contribution in [0.2, 0.25) is 0 Å². The van der Waals surface area contributed by atoms with Gasteiger partial charge < -0.3 is 0 Å². The molecule has 0 aliphatic heterocycles. The maximum Gasteiger partial charge on any atom is -0.00201 e. The lowest BCUT2D eigenvalue weighted by Gasteiger charge is -2.24. The zero-order valence-electron chi connectivity index (χ0n) is 32.8. The Morgan fingerprint density at radius 3 is 0.810 bits per heavy atom. The van der Waals surface area contributed by atoms with Crippen LogP contribution in [0.3, 0.4) is 0 Å². The molecular formula is C58H44. The molecule has 0 spiro atoms. The summed E-state index contributed by atoms with van der Waals surface area (Å²) in [7, 11) is 0. The summed E-state index contributed by atoms with van der Waals surface area (Å²) in [6, 6.07) is 64.8. The molecule has 0 heterocycles. The van der Waals surface area contributed by atoms with Gasteiger partial charge in [-0.2, -0.15) is 0 Å². The highest BCUT2D eigenvalue weighted by atomic mass is 14.3. The minimum Gasteiger partial charge on any atom is -0.0616 e. The van der Waals surface area contributed by atoms with Gasteiger partial charge in [0.15, 0.2) is 0 Å².